The van der Waals surface area contributed by atoms with Gasteiger partial charge in [0.25, 0.3) is 0 Å². The van der Waals surface area contributed by atoms with Crippen LogP contribution in [0.3, 0.4) is 0 Å². The highest BCUT2D eigenvalue weighted by molar-refractivity contribution is 9.10. The number of halogens is 1. The normalized spacial score (nSPS) is 10.3. The molecule has 0 radical (unpaired) electrons. The number of nitrogens with one attached hydrogen (secondary N) is 1. The maximum atomic E-state index is 5.88. The molecule has 0 aliphatic heterocycles. The molecule has 0 fully saturated rings. The van der Waals surface area contributed by atoms with Crippen LogP contribution in [0.4, 0.5) is 11.4 Å². The van der Waals surface area contributed by atoms with Crippen molar-refractivity contribution in [2.24, 2.45) is 5.73 Å². The summed E-state index contributed by atoms with van der Waals surface area (Å²) in [5, 5.41) is 3.41. The fourth-order valence-corrected chi connectivity index (χ4v) is 3.24. The highest BCUT2D eigenvalue weighted by atomic mass is 79.9. The maximum absolute atomic E-state index is 5.88. The Morgan fingerprint density at radius 1 is 1.20 bits per heavy atom. The van der Waals surface area contributed by atoms with Crippen molar-refractivity contribution in [3.63, 3.8) is 0 Å². The van der Waals surface area contributed by atoms with Crippen molar-refractivity contribution in [2.45, 2.75) is 11.8 Å². The van der Waals surface area contributed by atoms with Crippen molar-refractivity contribution < 1.29 is 0 Å². The Bertz CT molecular complexity index is 656. The molecule has 0 atom stereocenters. The molecule has 5 heteroatoms. The van der Waals surface area contributed by atoms with Gasteiger partial charge in [0.05, 0.1) is 5.69 Å². The van der Waals surface area contributed by atoms with E-state index < -0.39 is 0 Å². The third-order valence-corrected chi connectivity index (χ3v) is 4.99. The molecule has 2 aromatic rings. The lowest BCUT2D eigenvalue weighted by atomic mass is 10.1. The summed E-state index contributed by atoms with van der Waals surface area (Å²) in [7, 11) is 0. The molecule has 0 amide bonds. The topological polar surface area (TPSA) is 38.0 Å². The van der Waals surface area contributed by atoms with Crippen LogP contribution in [0.5, 0.6) is 0 Å². The molecule has 0 bridgehead atoms. The van der Waals surface area contributed by atoms with Gasteiger partial charge in [-0.15, -0.1) is 11.8 Å². The first-order chi connectivity index (χ1) is 9.54. The zero-order valence-electron chi connectivity index (χ0n) is 11.2. The molecule has 0 aromatic heterocycles. The molecule has 0 aliphatic rings. The summed E-state index contributed by atoms with van der Waals surface area (Å²) in [4.78, 5) is 1.48. The first-order valence-corrected chi connectivity index (χ1v) is 8.46. The summed E-state index contributed by atoms with van der Waals surface area (Å²) in [6.45, 7) is 2.06. The monoisotopic (exact) mass is 366 g/mol. The molecule has 2 nitrogen and oxygen atoms in total. The predicted molar refractivity (Wildman–Crippen MR) is 96.3 cm³/mol. The van der Waals surface area contributed by atoms with Crippen LogP contribution in [0.25, 0.3) is 0 Å². The summed E-state index contributed by atoms with van der Waals surface area (Å²) in [5.74, 6) is 0. The van der Waals surface area contributed by atoms with Crippen LogP contribution in [0.2, 0.25) is 0 Å². The van der Waals surface area contributed by atoms with Gasteiger partial charge in [-0.3, -0.25) is 0 Å². The summed E-state index contributed by atoms with van der Waals surface area (Å²) in [5.41, 5.74) is 9.87. The molecular formula is C15H15BrN2S2. The van der Waals surface area contributed by atoms with Crippen molar-refractivity contribution in [2.75, 3.05) is 11.6 Å². The van der Waals surface area contributed by atoms with E-state index in [0.29, 0.717) is 4.99 Å². The van der Waals surface area contributed by atoms with Gasteiger partial charge in [0.15, 0.2) is 0 Å². The van der Waals surface area contributed by atoms with Gasteiger partial charge < -0.3 is 11.1 Å². The summed E-state index contributed by atoms with van der Waals surface area (Å²) >= 11 is 10.4. The second kappa shape index (κ2) is 6.61. The van der Waals surface area contributed by atoms with E-state index in [9.17, 15) is 0 Å². The number of thiocarbonyl (C=S) groups is 1. The molecule has 0 aliphatic carbocycles. The minimum atomic E-state index is 0.404. The van der Waals surface area contributed by atoms with Crippen LogP contribution >= 0.6 is 39.9 Å². The van der Waals surface area contributed by atoms with E-state index in [1.807, 2.05) is 36.6 Å². The van der Waals surface area contributed by atoms with E-state index in [0.717, 1.165) is 26.3 Å². The van der Waals surface area contributed by atoms with Gasteiger partial charge in [-0.25, -0.2) is 0 Å². The fraction of sp³-hybridized carbons (Fsp3) is 0.133. The van der Waals surface area contributed by atoms with Gasteiger partial charge in [0, 0.05) is 20.6 Å². The van der Waals surface area contributed by atoms with Gasteiger partial charge in [-0.1, -0.05) is 30.4 Å². The highest BCUT2D eigenvalue weighted by Crippen LogP contribution is 2.33. The molecule has 0 unspecified atom stereocenters. The lowest BCUT2D eigenvalue weighted by Crippen LogP contribution is -2.13. The van der Waals surface area contributed by atoms with Gasteiger partial charge >= 0.3 is 0 Å². The van der Waals surface area contributed by atoms with Crippen LogP contribution < -0.4 is 11.1 Å². The SMILES string of the molecule is CSc1cccc(Nc2cccc(C)c2Br)c1C(N)=S. The van der Waals surface area contributed by atoms with E-state index in [1.165, 1.54) is 5.56 Å². The number of hydrogen-bond donors (Lipinski definition) is 2. The largest absolute Gasteiger partial charge is 0.389 e. The lowest BCUT2D eigenvalue weighted by Gasteiger charge is -2.16. The Morgan fingerprint density at radius 3 is 2.50 bits per heavy atom. The van der Waals surface area contributed by atoms with E-state index in [1.54, 1.807) is 11.8 Å². The van der Waals surface area contributed by atoms with E-state index >= 15 is 0 Å². The zero-order chi connectivity index (χ0) is 14.7. The number of rotatable bonds is 4. The third-order valence-electron chi connectivity index (χ3n) is 2.95. The van der Waals surface area contributed by atoms with Crippen molar-refractivity contribution >= 4 is 56.3 Å². The standard InChI is InChI=1S/C15H15BrN2S2/c1-9-5-3-7-11(14(9)16)18-10-6-4-8-12(20-2)13(10)15(17)19/h3-8,18H,1-2H3,(H2,17,19). The second-order valence-corrected chi connectivity index (χ2v) is 6.39. The molecule has 3 N–H and O–H groups in total. The predicted octanol–water partition coefficient (Wildman–Crippen LogP) is 4.86. The quantitative estimate of drug-likeness (QED) is 0.598. The van der Waals surface area contributed by atoms with Crippen LogP contribution in [0.1, 0.15) is 11.1 Å². The molecule has 2 aromatic carbocycles. The molecule has 0 saturated heterocycles. The van der Waals surface area contributed by atoms with Crippen molar-refractivity contribution in [3.05, 3.63) is 52.0 Å². The number of hydrogen-bond acceptors (Lipinski definition) is 3. The first kappa shape index (κ1) is 15.4. The van der Waals surface area contributed by atoms with Crippen LogP contribution in [-0.4, -0.2) is 11.2 Å². The Kier molecular flexibility index (Phi) is 5.07. The van der Waals surface area contributed by atoms with Gasteiger partial charge in [-0.05, 0) is 52.9 Å². The average Bonchev–Trinajstić information content (AvgIpc) is 2.43. The zero-order valence-corrected chi connectivity index (χ0v) is 14.5. The molecule has 0 saturated carbocycles. The fourth-order valence-electron chi connectivity index (χ4n) is 1.95. The molecule has 20 heavy (non-hydrogen) atoms. The summed E-state index contributed by atoms with van der Waals surface area (Å²) in [6.07, 6.45) is 2.02. The Hall–Kier alpha value is -1.04. The third kappa shape index (κ3) is 3.16. The number of benzene rings is 2. The van der Waals surface area contributed by atoms with Crippen LogP contribution in [0.15, 0.2) is 45.8 Å². The number of anilines is 2. The Labute approximate surface area is 137 Å². The summed E-state index contributed by atoms with van der Waals surface area (Å²) in [6, 6.07) is 12.1. The number of nitrogens with two attached hydrogens (primary N) is 1. The number of thioether (sulfide) groups is 1. The molecular weight excluding hydrogens is 352 g/mol. The van der Waals surface area contributed by atoms with Crippen molar-refractivity contribution in [3.8, 4) is 0 Å². The van der Waals surface area contributed by atoms with E-state index in [2.05, 4.69) is 34.2 Å². The average molecular weight is 367 g/mol. The molecule has 0 heterocycles. The summed E-state index contributed by atoms with van der Waals surface area (Å²) < 4.78 is 1.04. The van der Waals surface area contributed by atoms with E-state index in [4.69, 9.17) is 18.0 Å². The second-order valence-electron chi connectivity index (χ2n) is 4.31. The molecule has 2 rings (SSSR count). The number of aryl methyl sites for hydroxylation is 1. The Morgan fingerprint density at radius 2 is 1.85 bits per heavy atom. The van der Waals surface area contributed by atoms with E-state index in [-0.39, 0.29) is 0 Å². The van der Waals surface area contributed by atoms with Gasteiger partial charge in [-0.2, -0.15) is 0 Å². The van der Waals surface area contributed by atoms with Gasteiger partial charge in [0.1, 0.15) is 4.99 Å². The van der Waals surface area contributed by atoms with Crippen molar-refractivity contribution in [1.82, 2.24) is 0 Å². The van der Waals surface area contributed by atoms with Crippen molar-refractivity contribution in [1.29, 1.82) is 0 Å². The minimum Gasteiger partial charge on any atom is -0.389 e. The van der Waals surface area contributed by atoms with Crippen LogP contribution in [0, 0.1) is 6.92 Å². The molecule has 0 spiro atoms. The van der Waals surface area contributed by atoms with Crippen LogP contribution in [-0.2, 0) is 0 Å². The maximum Gasteiger partial charge on any atom is 0.107 e. The highest BCUT2D eigenvalue weighted by Gasteiger charge is 2.12. The smallest absolute Gasteiger partial charge is 0.107 e. The first-order valence-electron chi connectivity index (χ1n) is 6.03. The Balaban J connectivity index is 2.48. The molecule has 104 valence electrons. The van der Waals surface area contributed by atoms with Gasteiger partial charge in [0.2, 0.25) is 0 Å². The minimum absolute atomic E-state index is 0.404. The lowest BCUT2D eigenvalue weighted by molar-refractivity contribution is 1.37.